The number of rotatable bonds is 5. The van der Waals surface area contributed by atoms with Crippen molar-refractivity contribution in [3.8, 4) is 0 Å². The third kappa shape index (κ3) is 3.86. The Morgan fingerprint density at radius 2 is 2.11 bits per heavy atom. The van der Waals surface area contributed by atoms with Crippen LogP contribution in [0.15, 0.2) is 18.3 Å². The molecule has 0 saturated carbocycles. The topological polar surface area (TPSA) is 77.2 Å². The fourth-order valence-electron chi connectivity index (χ4n) is 4.37. The van der Waals surface area contributed by atoms with E-state index in [0.717, 1.165) is 60.8 Å². The molecule has 1 aromatic heterocycles. The van der Waals surface area contributed by atoms with Crippen molar-refractivity contribution in [3.05, 3.63) is 35.0 Å². The molecule has 2 aliphatic rings. The second kappa shape index (κ2) is 7.72. The number of likely N-dealkylation sites (tertiary alicyclic amines) is 1. The Kier molecular flexibility index (Phi) is 5.16. The summed E-state index contributed by atoms with van der Waals surface area (Å²) in [5, 5.41) is 7.15. The predicted octanol–water partition coefficient (Wildman–Crippen LogP) is 1.84. The van der Waals surface area contributed by atoms with Gasteiger partial charge in [0.05, 0.1) is 0 Å². The standard InChI is InChI=1S/C21H28N4O2/c1-25-10-6-14(7-11-25)12-19(26)22-8-4-15-13-24-18-3-2-17-16(20(15)18)5-9-23-21(17)27/h2-3,13-14,24H,4-12H2,1H3,(H,22,26)(H,23,27). The van der Waals surface area contributed by atoms with E-state index in [2.05, 4.69) is 27.6 Å². The fourth-order valence-corrected chi connectivity index (χ4v) is 4.37. The summed E-state index contributed by atoms with van der Waals surface area (Å²) in [6.45, 7) is 3.50. The summed E-state index contributed by atoms with van der Waals surface area (Å²) in [5.74, 6) is 0.683. The fraction of sp³-hybridized carbons (Fsp3) is 0.524. The number of fused-ring (bicyclic) bond motifs is 3. The summed E-state index contributed by atoms with van der Waals surface area (Å²) in [6.07, 6.45) is 6.50. The van der Waals surface area contributed by atoms with Crippen molar-refractivity contribution in [2.45, 2.75) is 32.1 Å². The molecule has 1 aromatic carbocycles. The molecular weight excluding hydrogens is 340 g/mol. The van der Waals surface area contributed by atoms with Crippen molar-refractivity contribution in [1.82, 2.24) is 20.5 Å². The molecule has 144 valence electrons. The molecule has 3 heterocycles. The molecule has 3 N–H and O–H groups in total. The van der Waals surface area contributed by atoms with Crippen molar-refractivity contribution in [3.63, 3.8) is 0 Å². The first kappa shape index (κ1) is 18.0. The molecule has 1 saturated heterocycles. The summed E-state index contributed by atoms with van der Waals surface area (Å²) >= 11 is 0. The molecule has 2 aromatic rings. The van der Waals surface area contributed by atoms with Crippen molar-refractivity contribution < 1.29 is 9.59 Å². The third-order valence-corrected chi connectivity index (χ3v) is 5.97. The lowest BCUT2D eigenvalue weighted by Gasteiger charge is -2.28. The maximum Gasteiger partial charge on any atom is 0.251 e. The Balaban J connectivity index is 1.37. The van der Waals surface area contributed by atoms with E-state index in [4.69, 9.17) is 0 Å². The summed E-state index contributed by atoms with van der Waals surface area (Å²) in [6, 6.07) is 3.87. The number of amides is 2. The van der Waals surface area contributed by atoms with E-state index >= 15 is 0 Å². The lowest BCUT2D eigenvalue weighted by atomic mass is 9.93. The Labute approximate surface area is 159 Å². The van der Waals surface area contributed by atoms with Crippen LogP contribution in [0.4, 0.5) is 0 Å². The van der Waals surface area contributed by atoms with Crippen LogP contribution >= 0.6 is 0 Å². The first-order valence-corrected chi connectivity index (χ1v) is 9.97. The molecule has 0 atom stereocenters. The number of aromatic amines is 1. The molecule has 1 fully saturated rings. The number of hydrogen-bond acceptors (Lipinski definition) is 3. The van der Waals surface area contributed by atoms with Crippen LogP contribution in [0.2, 0.25) is 0 Å². The van der Waals surface area contributed by atoms with Crippen molar-refractivity contribution in [1.29, 1.82) is 0 Å². The molecule has 6 heteroatoms. The van der Waals surface area contributed by atoms with Crippen molar-refractivity contribution in [2.75, 3.05) is 33.2 Å². The van der Waals surface area contributed by atoms with Gasteiger partial charge >= 0.3 is 0 Å². The number of nitrogens with one attached hydrogen (secondary N) is 3. The summed E-state index contributed by atoms with van der Waals surface area (Å²) in [5.41, 5.74) is 4.15. The van der Waals surface area contributed by atoms with Gasteiger partial charge in [-0.05, 0) is 75.0 Å². The van der Waals surface area contributed by atoms with E-state index in [1.165, 1.54) is 5.56 Å². The normalized spacial score (nSPS) is 18.3. The lowest BCUT2D eigenvalue weighted by Crippen LogP contribution is -2.34. The highest BCUT2D eigenvalue weighted by atomic mass is 16.2. The number of benzene rings is 1. The number of carbonyl (C=O) groups is 2. The highest BCUT2D eigenvalue weighted by Gasteiger charge is 2.21. The van der Waals surface area contributed by atoms with Crippen LogP contribution < -0.4 is 10.6 Å². The molecule has 27 heavy (non-hydrogen) atoms. The van der Waals surface area contributed by atoms with E-state index < -0.39 is 0 Å². The number of hydrogen-bond donors (Lipinski definition) is 3. The molecule has 0 aliphatic carbocycles. The van der Waals surface area contributed by atoms with Gasteiger partial charge in [0.2, 0.25) is 5.91 Å². The SMILES string of the molecule is CN1CCC(CC(=O)NCCc2c[nH]c3ccc4c(c23)CCNC4=O)CC1. The highest BCUT2D eigenvalue weighted by Crippen LogP contribution is 2.28. The van der Waals surface area contributed by atoms with Crippen molar-refractivity contribution >= 4 is 22.7 Å². The van der Waals surface area contributed by atoms with E-state index in [9.17, 15) is 9.59 Å². The molecule has 0 bridgehead atoms. The van der Waals surface area contributed by atoms with Gasteiger partial charge in [0.15, 0.2) is 0 Å². The summed E-state index contributed by atoms with van der Waals surface area (Å²) in [7, 11) is 2.14. The maximum atomic E-state index is 12.3. The summed E-state index contributed by atoms with van der Waals surface area (Å²) in [4.78, 5) is 30.0. The van der Waals surface area contributed by atoms with E-state index in [0.29, 0.717) is 25.4 Å². The van der Waals surface area contributed by atoms with Crippen LogP contribution in [0.5, 0.6) is 0 Å². The average molecular weight is 368 g/mol. The number of aromatic nitrogens is 1. The lowest BCUT2D eigenvalue weighted by molar-refractivity contribution is -0.122. The molecule has 2 aliphatic heterocycles. The van der Waals surface area contributed by atoms with Crippen LogP contribution in [-0.2, 0) is 17.6 Å². The van der Waals surface area contributed by atoms with Gasteiger partial charge in [-0.2, -0.15) is 0 Å². The quantitative estimate of drug-likeness (QED) is 0.754. The number of carbonyl (C=O) groups excluding carboxylic acids is 2. The smallest absolute Gasteiger partial charge is 0.251 e. The van der Waals surface area contributed by atoms with Crippen LogP contribution in [0.1, 0.15) is 40.7 Å². The van der Waals surface area contributed by atoms with Crippen LogP contribution in [0, 0.1) is 5.92 Å². The van der Waals surface area contributed by atoms with Crippen LogP contribution in [0.3, 0.4) is 0 Å². The minimum Gasteiger partial charge on any atom is -0.361 e. The minimum absolute atomic E-state index is 0.0109. The zero-order valence-electron chi connectivity index (χ0n) is 15.9. The number of nitrogens with zero attached hydrogens (tertiary/aromatic N) is 1. The predicted molar refractivity (Wildman–Crippen MR) is 106 cm³/mol. The van der Waals surface area contributed by atoms with Gasteiger partial charge in [-0.3, -0.25) is 9.59 Å². The van der Waals surface area contributed by atoms with Gasteiger partial charge in [0.25, 0.3) is 5.91 Å². The Morgan fingerprint density at radius 1 is 1.30 bits per heavy atom. The first-order valence-electron chi connectivity index (χ1n) is 9.97. The Morgan fingerprint density at radius 3 is 2.93 bits per heavy atom. The van der Waals surface area contributed by atoms with Gasteiger partial charge in [-0.15, -0.1) is 0 Å². The Hall–Kier alpha value is -2.34. The second-order valence-corrected chi connectivity index (χ2v) is 7.88. The van der Waals surface area contributed by atoms with Gasteiger partial charge < -0.3 is 20.5 Å². The van der Waals surface area contributed by atoms with E-state index in [1.54, 1.807) is 0 Å². The largest absolute Gasteiger partial charge is 0.361 e. The highest BCUT2D eigenvalue weighted by molar-refractivity contribution is 6.02. The van der Waals surface area contributed by atoms with Crippen LogP contribution in [-0.4, -0.2) is 54.9 Å². The summed E-state index contributed by atoms with van der Waals surface area (Å²) < 4.78 is 0. The number of H-pyrrole nitrogens is 1. The zero-order valence-corrected chi connectivity index (χ0v) is 15.9. The Bertz CT molecular complexity index is 849. The second-order valence-electron chi connectivity index (χ2n) is 7.88. The number of piperidine rings is 1. The molecule has 6 nitrogen and oxygen atoms in total. The van der Waals surface area contributed by atoms with Gasteiger partial charge in [-0.1, -0.05) is 0 Å². The van der Waals surface area contributed by atoms with Crippen molar-refractivity contribution in [2.24, 2.45) is 5.92 Å². The van der Waals surface area contributed by atoms with Crippen LogP contribution in [0.25, 0.3) is 10.9 Å². The monoisotopic (exact) mass is 368 g/mol. The first-order chi connectivity index (χ1) is 13.1. The molecule has 4 rings (SSSR count). The molecule has 0 unspecified atom stereocenters. The van der Waals surface area contributed by atoms with Gasteiger partial charge in [0, 0.05) is 42.2 Å². The molecule has 0 spiro atoms. The molecular formula is C21H28N4O2. The minimum atomic E-state index is 0.0109. The molecule has 2 amide bonds. The maximum absolute atomic E-state index is 12.3. The average Bonchev–Trinajstić information content (AvgIpc) is 3.08. The van der Waals surface area contributed by atoms with Gasteiger partial charge in [0.1, 0.15) is 0 Å². The van der Waals surface area contributed by atoms with E-state index in [1.807, 2.05) is 18.3 Å². The third-order valence-electron chi connectivity index (χ3n) is 5.97. The molecule has 0 radical (unpaired) electrons. The van der Waals surface area contributed by atoms with Gasteiger partial charge in [-0.25, -0.2) is 0 Å². The van der Waals surface area contributed by atoms with E-state index in [-0.39, 0.29) is 11.8 Å². The zero-order chi connectivity index (χ0) is 18.8.